The first kappa shape index (κ1) is 23.8. The molecule has 0 bridgehead atoms. The Labute approximate surface area is 217 Å². The molecule has 182 valence electrons. The highest BCUT2D eigenvalue weighted by Crippen LogP contribution is 2.42. The SMILES string of the molecule is CCC(=O)Nc1ccc(N2C(=S)NC(c3ccccn3)C2c2cccn2-c2ccc(C)cc2)cc1C. The molecular weight excluding hydrogens is 466 g/mol. The number of carbonyl (C=O) groups is 1. The molecule has 1 amide bonds. The number of aryl methyl sites for hydroxylation is 2. The van der Waals surface area contributed by atoms with Gasteiger partial charge in [-0.3, -0.25) is 9.78 Å². The number of benzene rings is 2. The van der Waals surface area contributed by atoms with E-state index in [0.29, 0.717) is 11.5 Å². The maximum absolute atomic E-state index is 12.0. The molecule has 36 heavy (non-hydrogen) atoms. The zero-order chi connectivity index (χ0) is 25.2. The van der Waals surface area contributed by atoms with Crippen molar-refractivity contribution < 1.29 is 4.79 Å². The molecule has 0 saturated carbocycles. The molecule has 3 heterocycles. The number of hydrogen-bond acceptors (Lipinski definition) is 3. The first-order valence-electron chi connectivity index (χ1n) is 12.1. The molecule has 0 spiro atoms. The fourth-order valence-electron chi connectivity index (χ4n) is 4.69. The summed E-state index contributed by atoms with van der Waals surface area (Å²) >= 11 is 5.90. The first-order chi connectivity index (χ1) is 17.5. The Balaban J connectivity index is 1.61. The molecule has 2 N–H and O–H groups in total. The van der Waals surface area contributed by atoms with Crippen molar-refractivity contribution in [1.82, 2.24) is 14.9 Å². The molecule has 2 unspecified atom stereocenters. The summed E-state index contributed by atoms with van der Waals surface area (Å²) in [6.07, 6.45) is 4.34. The van der Waals surface area contributed by atoms with Crippen LogP contribution in [0.2, 0.25) is 0 Å². The normalized spacial score (nSPS) is 17.2. The van der Waals surface area contributed by atoms with Crippen molar-refractivity contribution in [2.75, 3.05) is 10.2 Å². The van der Waals surface area contributed by atoms with Gasteiger partial charge in [-0.15, -0.1) is 0 Å². The van der Waals surface area contributed by atoms with Crippen molar-refractivity contribution in [3.05, 3.63) is 108 Å². The fourth-order valence-corrected chi connectivity index (χ4v) is 5.03. The van der Waals surface area contributed by atoms with Gasteiger partial charge in [0.15, 0.2) is 5.11 Å². The average Bonchev–Trinajstić information content (AvgIpc) is 3.50. The highest BCUT2D eigenvalue weighted by molar-refractivity contribution is 7.80. The number of carbonyl (C=O) groups excluding carboxylic acids is 1. The van der Waals surface area contributed by atoms with Crippen molar-refractivity contribution in [3.8, 4) is 5.69 Å². The van der Waals surface area contributed by atoms with Crippen LogP contribution < -0.4 is 15.5 Å². The number of aromatic nitrogens is 2. The summed E-state index contributed by atoms with van der Waals surface area (Å²) in [6, 6.07) is 24.4. The highest BCUT2D eigenvalue weighted by atomic mass is 32.1. The van der Waals surface area contributed by atoms with Crippen molar-refractivity contribution in [3.63, 3.8) is 0 Å². The van der Waals surface area contributed by atoms with Crippen molar-refractivity contribution in [1.29, 1.82) is 0 Å². The van der Waals surface area contributed by atoms with Crippen molar-refractivity contribution >= 4 is 34.6 Å². The molecule has 2 atom stereocenters. The Kier molecular flexibility index (Phi) is 6.57. The van der Waals surface area contributed by atoms with E-state index in [9.17, 15) is 4.79 Å². The Morgan fingerprint density at radius 2 is 1.81 bits per heavy atom. The molecule has 6 nitrogen and oxygen atoms in total. The van der Waals surface area contributed by atoms with Gasteiger partial charge in [-0.25, -0.2) is 0 Å². The van der Waals surface area contributed by atoms with Gasteiger partial charge in [0, 0.05) is 41.6 Å². The third kappa shape index (κ3) is 4.50. The number of amides is 1. The average molecular weight is 496 g/mol. The van der Waals surface area contributed by atoms with Crippen LogP contribution in [-0.2, 0) is 4.79 Å². The Bertz CT molecular complexity index is 1400. The number of nitrogens with one attached hydrogen (secondary N) is 2. The van der Waals surface area contributed by atoms with Crippen LogP contribution in [0.15, 0.2) is 85.2 Å². The van der Waals surface area contributed by atoms with Crippen LogP contribution in [0.5, 0.6) is 0 Å². The molecule has 1 saturated heterocycles. The highest BCUT2D eigenvalue weighted by Gasteiger charge is 2.42. The summed E-state index contributed by atoms with van der Waals surface area (Å²) in [5, 5.41) is 7.15. The number of anilines is 2. The minimum Gasteiger partial charge on any atom is -0.351 e. The third-order valence-corrected chi connectivity index (χ3v) is 6.89. The third-order valence-electron chi connectivity index (χ3n) is 6.58. The van der Waals surface area contributed by atoms with E-state index in [1.165, 1.54) is 5.56 Å². The van der Waals surface area contributed by atoms with Crippen LogP contribution in [0.3, 0.4) is 0 Å². The van der Waals surface area contributed by atoms with E-state index in [4.69, 9.17) is 12.2 Å². The van der Waals surface area contributed by atoms with Gasteiger partial charge in [0.1, 0.15) is 6.04 Å². The smallest absolute Gasteiger partial charge is 0.224 e. The Morgan fingerprint density at radius 1 is 1.03 bits per heavy atom. The minimum absolute atomic E-state index is 0.00627. The van der Waals surface area contributed by atoms with Crippen molar-refractivity contribution in [2.24, 2.45) is 0 Å². The zero-order valence-corrected chi connectivity index (χ0v) is 21.4. The van der Waals surface area contributed by atoms with E-state index >= 15 is 0 Å². The molecule has 4 aromatic rings. The molecule has 7 heteroatoms. The quantitative estimate of drug-likeness (QED) is 0.321. The lowest BCUT2D eigenvalue weighted by atomic mass is 10.00. The first-order valence-corrected chi connectivity index (χ1v) is 12.5. The van der Waals surface area contributed by atoms with Crippen LogP contribution in [0, 0.1) is 13.8 Å². The lowest BCUT2D eigenvalue weighted by Crippen LogP contribution is -2.30. The van der Waals surface area contributed by atoms with E-state index in [1.54, 1.807) is 0 Å². The van der Waals surface area contributed by atoms with Gasteiger partial charge in [0.05, 0.1) is 11.7 Å². The molecule has 2 aromatic carbocycles. The van der Waals surface area contributed by atoms with Crippen LogP contribution in [0.25, 0.3) is 5.69 Å². The summed E-state index contributed by atoms with van der Waals surface area (Å²) in [7, 11) is 0. The van der Waals surface area contributed by atoms with Gasteiger partial charge in [-0.05, 0) is 86.2 Å². The van der Waals surface area contributed by atoms with Gasteiger partial charge < -0.3 is 20.1 Å². The number of nitrogens with zero attached hydrogens (tertiary/aromatic N) is 3. The largest absolute Gasteiger partial charge is 0.351 e. The predicted molar refractivity (Wildman–Crippen MR) is 149 cm³/mol. The van der Waals surface area contributed by atoms with E-state index in [0.717, 1.165) is 34.0 Å². The van der Waals surface area contributed by atoms with Crippen molar-refractivity contribution in [2.45, 2.75) is 39.3 Å². The second-order valence-corrected chi connectivity index (χ2v) is 9.42. The van der Waals surface area contributed by atoms with E-state index < -0.39 is 0 Å². The number of thiocarbonyl (C=S) groups is 1. The lowest BCUT2D eigenvalue weighted by Gasteiger charge is -2.29. The standard InChI is InChI=1S/C29H29N5OS/c1-4-26(35)31-23-15-14-22(18-20(23)3)34-28(27(32-29(34)36)24-8-5-6-16-30-24)25-9-7-17-33(25)21-12-10-19(2)11-13-21/h5-18,27-28H,4H2,1-3H3,(H,31,35)(H,32,36). The van der Waals surface area contributed by atoms with E-state index in [2.05, 4.69) is 80.7 Å². The van der Waals surface area contributed by atoms with E-state index in [1.807, 2.05) is 50.4 Å². The molecule has 1 aliphatic heterocycles. The van der Waals surface area contributed by atoms with Crippen LogP contribution in [0.1, 0.15) is 47.9 Å². The minimum atomic E-state index is -0.141. The molecule has 1 fully saturated rings. The molecular formula is C29H29N5OS. The predicted octanol–water partition coefficient (Wildman–Crippen LogP) is 6.01. The second-order valence-electron chi connectivity index (χ2n) is 9.04. The monoisotopic (exact) mass is 495 g/mol. The van der Waals surface area contributed by atoms with Crippen LogP contribution in [-0.4, -0.2) is 20.6 Å². The summed E-state index contributed by atoms with van der Waals surface area (Å²) in [5.41, 5.74) is 7.08. The zero-order valence-electron chi connectivity index (χ0n) is 20.6. The molecule has 1 aliphatic rings. The molecule has 0 aliphatic carbocycles. The molecule has 0 radical (unpaired) electrons. The summed E-state index contributed by atoms with van der Waals surface area (Å²) < 4.78 is 2.21. The van der Waals surface area contributed by atoms with Gasteiger partial charge in [0.25, 0.3) is 0 Å². The summed E-state index contributed by atoms with van der Waals surface area (Å²) in [5.74, 6) is -0.00627. The maximum atomic E-state index is 12.0. The molecule has 5 rings (SSSR count). The van der Waals surface area contributed by atoms with Gasteiger partial charge in [-0.1, -0.05) is 30.7 Å². The Hall–Kier alpha value is -3.97. The van der Waals surface area contributed by atoms with Gasteiger partial charge in [0.2, 0.25) is 5.91 Å². The summed E-state index contributed by atoms with van der Waals surface area (Å²) in [6.45, 7) is 5.94. The van der Waals surface area contributed by atoms with Crippen LogP contribution >= 0.6 is 12.2 Å². The maximum Gasteiger partial charge on any atom is 0.224 e. The van der Waals surface area contributed by atoms with Crippen LogP contribution in [0.4, 0.5) is 11.4 Å². The number of hydrogen-bond donors (Lipinski definition) is 2. The van der Waals surface area contributed by atoms with Gasteiger partial charge in [-0.2, -0.15) is 0 Å². The lowest BCUT2D eigenvalue weighted by molar-refractivity contribution is -0.115. The number of rotatable bonds is 6. The second kappa shape index (κ2) is 9.95. The Morgan fingerprint density at radius 3 is 2.50 bits per heavy atom. The summed E-state index contributed by atoms with van der Waals surface area (Å²) in [4.78, 5) is 18.8. The molecule has 2 aromatic heterocycles. The van der Waals surface area contributed by atoms with E-state index in [-0.39, 0.29) is 18.0 Å². The number of pyridine rings is 1. The van der Waals surface area contributed by atoms with Gasteiger partial charge >= 0.3 is 0 Å². The topological polar surface area (TPSA) is 62.2 Å². The fraction of sp³-hybridized carbons (Fsp3) is 0.207.